The first kappa shape index (κ1) is 38.5. The van der Waals surface area contributed by atoms with Crippen molar-refractivity contribution in [3.05, 3.63) is 81.6 Å². The van der Waals surface area contributed by atoms with E-state index in [9.17, 15) is 0 Å². The second-order valence-electron chi connectivity index (χ2n) is 14.9. The van der Waals surface area contributed by atoms with Crippen molar-refractivity contribution in [1.82, 2.24) is 0 Å². The van der Waals surface area contributed by atoms with Gasteiger partial charge in [0.05, 0.1) is 0 Å². The van der Waals surface area contributed by atoms with Crippen LogP contribution in [0.5, 0.6) is 0 Å². The molecular weight excluding hydrogens is 635 g/mol. The molecule has 1 fully saturated rings. The fourth-order valence-corrected chi connectivity index (χ4v) is 8.47. The Hall–Kier alpha value is -0.530. The van der Waals surface area contributed by atoms with Gasteiger partial charge in [-0.25, -0.2) is 10.8 Å². The molecule has 3 aliphatic carbocycles. The van der Waals surface area contributed by atoms with Crippen molar-refractivity contribution in [3.8, 4) is 11.1 Å². The van der Waals surface area contributed by atoms with E-state index in [2.05, 4.69) is 124 Å². The van der Waals surface area contributed by atoms with Crippen LogP contribution < -0.4 is 24.8 Å². The van der Waals surface area contributed by atoms with Crippen molar-refractivity contribution in [2.75, 3.05) is 0 Å². The quantitative estimate of drug-likeness (QED) is 0.261. The van der Waals surface area contributed by atoms with E-state index in [0.29, 0.717) is 5.92 Å². The van der Waals surface area contributed by atoms with E-state index in [4.69, 9.17) is 0 Å². The third-order valence-electron chi connectivity index (χ3n) is 7.99. The van der Waals surface area contributed by atoms with Gasteiger partial charge in [-0.1, -0.05) is 105 Å². The van der Waals surface area contributed by atoms with Gasteiger partial charge in [0.2, 0.25) is 0 Å². The van der Waals surface area contributed by atoms with E-state index < -0.39 is 8.07 Å². The number of rotatable bonds is 1. The maximum absolute atomic E-state index is 3.67. The van der Waals surface area contributed by atoms with E-state index in [1.54, 1.807) is 32.6 Å². The van der Waals surface area contributed by atoms with Gasteiger partial charge in [0.15, 0.2) is 0 Å². The zero-order chi connectivity index (χ0) is 29.2. The zero-order valence-electron chi connectivity index (χ0n) is 27.5. The third-order valence-corrected chi connectivity index (χ3v) is 11.4. The Bertz CT molecular complexity index is 1180. The first-order valence-electron chi connectivity index (χ1n) is 15.1. The molecule has 0 heterocycles. The Labute approximate surface area is 281 Å². The van der Waals surface area contributed by atoms with Gasteiger partial charge < -0.3 is 24.8 Å². The summed E-state index contributed by atoms with van der Waals surface area (Å²) in [6.07, 6.45) is 14.1. The summed E-state index contributed by atoms with van der Waals surface area (Å²) in [5, 5.41) is 1.60. The molecule has 224 valence electrons. The SMILES string of the molecule is CC(C)(C)c1[c-]c2c(cc1)-c1ccc(C(C)(C)C)cc1C2.CC1=[C-]C(C)C=C1[Si](C)(C)C.[Cl-].[Cl-].[Zr+2]=[C]1CCCCC1. The van der Waals surface area contributed by atoms with E-state index >= 15 is 0 Å². The van der Waals surface area contributed by atoms with Gasteiger partial charge in [0.25, 0.3) is 0 Å². The van der Waals surface area contributed by atoms with Crippen molar-refractivity contribution < 1.29 is 49.0 Å². The van der Waals surface area contributed by atoms with Crippen LogP contribution in [0.25, 0.3) is 11.1 Å². The molecule has 0 spiro atoms. The van der Waals surface area contributed by atoms with E-state index in [1.165, 1.54) is 71.1 Å². The van der Waals surface area contributed by atoms with Gasteiger partial charge in [-0.15, -0.1) is 11.1 Å². The monoisotopic (exact) mass is 684 g/mol. The van der Waals surface area contributed by atoms with Crippen molar-refractivity contribution in [2.24, 2.45) is 5.92 Å². The zero-order valence-corrected chi connectivity index (χ0v) is 32.5. The number of hydrogen-bond donors (Lipinski definition) is 0. The molecule has 3 aliphatic rings. The summed E-state index contributed by atoms with van der Waals surface area (Å²) < 4.78 is 1.80. The fourth-order valence-electron chi connectivity index (χ4n) is 5.65. The molecule has 0 aliphatic heterocycles. The molecule has 2 aromatic rings. The average Bonchev–Trinajstić information content (AvgIpc) is 3.37. The van der Waals surface area contributed by atoms with Crippen LogP contribution in [-0.4, -0.2) is 11.3 Å². The summed E-state index contributed by atoms with van der Waals surface area (Å²) >= 11 is 1.69. The van der Waals surface area contributed by atoms with Gasteiger partial charge in [-0.3, -0.25) is 6.08 Å². The number of hydrogen-bond acceptors (Lipinski definition) is 0. The summed E-state index contributed by atoms with van der Waals surface area (Å²) in [7, 11) is -1.07. The molecule has 1 saturated carbocycles. The molecule has 0 N–H and O–H groups in total. The standard InChI is InChI=1S/C21H25.C10H17Si.C6H10.2ClH.Zr/c1-20(2,3)16-7-9-18-14(12-16)11-15-13-17(21(4,5)6)8-10-19(15)18;1-8-6-9(2)10(7-8)11(3,4)5;1-2-4-6-5-3-1;;;/h7-10,12H,11H2,1-6H3;7-8H,1-5H3;1-5H2;2*1H;/q2*-1;;;;+2/p-2. The Morgan fingerprint density at radius 2 is 1.41 bits per heavy atom. The molecule has 0 aromatic heterocycles. The molecule has 0 amide bonds. The van der Waals surface area contributed by atoms with E-state index in [1.807, 2.05) is 0 Å². The molecule has 0 bridgehead atoms. The fraction of sp³-hybridized carbons (Fsp3) is 0.541. The number of allylic oxidation sites excluding steroid dienone is 4. The van der Waals surface area contributed by atoms with Crippen LogP contribution in [0.4, 0.5) is 0 Å². The molecule has 0 saturated heterocycles. The van der Waals surface area contributed by atoms with Crippen LogP contribution in [-0.2, 0) is 41.5 Å². The van der Waals surface area contributed by atoms with Gasteiger partial charge in [-0.05, 0) is 36.5 Å². The molecule has 5 rings (SSSR count). The number of fused-ring (bicyclic) bond motifs is 3. The van der Waals surface area contributed by atoms with Crippen molar-refractivity contribution >= 4 is 11.3 Å². The topological polar surface area (TPSA) is 0 Å². The summed E-state index contributed by atoms with van der Waals surface area (Å²) in [6, 6.07) is 15.2. The molecule has 0 nitrogen and oxygen atoms in total. The second-order valence-corrected chi connectivity index (χ2v) is 21.6. The summed E-state index contributed by atoms with van der Waals surface area (Å²) in [4.78, 5) is 0. The van der Waals surface area contributed by atoms with E-state index in [-0.39, 0.29) is 35.6 Å². The minimum atomic E-state index is -1.07. The van der Waals surface area contributed by atoms with Crippen LogP contribution in [0.1, 0.15) is 110 Å². The summed E-state index contributed by atoms with van der Waals surface area (Å²) in [5.74, 6) is 0.553. The Morgan fingerprint density at radius 1 is 0.829 bits per heavy atom. The van der Waals surface area contributed by atoms with Gasteiger partial charge >= 0.3 is 59.5 Å². The Balaban J connectivity index is 0.000000353. The molecule has 41 heavy (non-hydrogen) atoms. The first-order valence-corrected chi connectivity index (χ1v) is 19.8. The number of halogens is 2. The second kappa shape index (κ2) is 15.5. The Kier molecular flexibility index (Phi) is 14.5. The minimum absolute atomic E-state index is 0. The first-order chi connectivity index (χ1) is 18.0. The normalized spacial score (nSPS) is 17.8. The van der Waals surface area contributed by atoms with Gasteiger partial charge in [-0.2, -0.15) is 29.8 Å². The van der Waals surface area contributed by atoms with Crippen molar-refractivity contribution in [2.45, 2.75) is 124 Å². The van der Waals surface area contributed by atoms with Crippen LogP contribution in [0, 0.1) is 18.1 Å². The molecule has 4 heteroatoms. The van der Waals surface area contributed by atoms with Crippen LogP contribution in [0.3, 0.4) is 0 Å². The molecular formula is C37H52Cl2SiZr-2. The number of benzene rings is 2. The predicted molar refractivity (Wildman–Crippen MR) is 172 cm³/mol. The predicted octanol–water partition coefficient (Wildman–Crippen LogP) is 4.52. The third kappa shape index (κ3) is 10.8. The van der Waals surface area contributed by atoms with Crippen LogP contribution in [0.2, 0.25) is 19.6 Å². The summed E-state index contributed by atoms with van der Waals surface area (Å²) in [5.41, 5.74) is 10.1. The maximum atomic E-state index is 3.67. The Morgan fingerprint density at radius 3 is 1.83 bits per heavy atom. The van der Waals surface area contributed by atoms with Crippen LogP contribution >= 0.6 is 0 Å². The van der Waals surface area contributed by atoms with Gasteiger partial charge in [0, 0.05) is 0 Å². The van der Waals surface area contributed by atoms with Crippen molar-refractivity contribution in [3.63, 3.8) is 0 Å². The average molecular weight is 687 g/mol. The molecule has 1 atom stereocenters. The molecule has 1 unspecified atom stereocenters. The van der Waals surface area contributed by atoms with Crippen molar-refractivity contribution in [1.29, 1.82) is 0 Å². The molecule has 2 aromatic carbocycles. The van der Waals surface area contributed by atoms with E-state index in [0.717, 1.165) is 6.42 Å². The molecule has 0 radical (unpaired) electrons. The summed E-state index contributed by atoms with van der Waals surface area (Å²) in [6.45, 7) is 25.2. The van der Waals surface area contributed by atoms with Crippen LogP contribution in [0.15, 0.2) is 47.2 Å². The van der Waals surface area contributed by atoms with Gasteiger partial charge in [0.1, 0.15) is 0 Å².